The summed E-state index contributed by atoms with van der Waals surface area (Å²) in [6, 6.07) is 0. The summed E-state index contributed by atoms with van der Waals surface area (Å²) in [5.74, 6) is -0.710. The molecular formula is C8H13FN4O. The van der Waals surface area contributed by atoms with Gasteiger partial charge in [-0.1, -0.05) is 0 Å². The number of nitrogens with two attached hydrogens (primary N) is 2. The lowest BCUT2D eigenvalue weighted by Crippen LogP contribution is -2.22. The van der Waals surface area contributed by atoms with E-state index in [2.05, 4.69) is 5.10 Å². The maximum Gasteiger partial charge on any atom is 0.271 e. The van der Waals surface area contributed by atoms with Gasteiger partial charge in [0.2, 0.25) is 0 Å². The highest BCUT2D eigenvalue weighted by Gasteiger charge is 2.19. The second kappa shape index (κ2) is 3.28. The lowest BCUT2D eigenvalue weighted by Gasteiger charge is -2.13. The lowest BCUT2D eigenvalue weighted by atomic mass is 10.2. The normalized spacial score (nSPS) is 11.6. The Morgan fingerprint density at radius 1 is 1.71 bits per heavy atom. The third-order valence-corrected chi connectivity index (χ3v) is 1.56. The first-order valence-electron chi connectivity index (χ1n) is 4.11. The van der Waals surface area contributed by atoms with Crippen LogP contribution in [0, 0.1) is 0 Å². The lowest BCUT2D eigenvalue weighted by molar-refractivity contribution is 0.0993. The molecule has 0 atom stereocenters. The molecule has 0 bridgehead atoms. The average Bonchev–Trinajstić information content (AvgIpc) is 2.26. The molecule has 0 unspecified atom stereocenters. The van der Waals surface area contributed by atoms with E-state index in [-0.39, 0.29) is 17.9 Å². The van der Waals surface area contributed by atoms with E-state index in [0.29, 0.717) is 0 Å². The molecule has 1 rings (SSSR count). The summed E-state index contributed by atoms with van der Waals surface area (Å²) >= 11 is 0. The number of primary amides is 1. The van der Waals surface area contributed by atoms with Crippen LogP contribution in [0.3, 0.4) is 0 Å². The quantitative estimate of drug-likeness (QED) is 0.736. The summed E-state index contributed by atoms with van der Waals surface area (Å²) in [7, 11) is 0. The minimum atomic E-state index is -1.41. The molecule has 0 saturated carbocycles. The molecule has 0 spiro atoms. The zero-order valence-corrected chi connectivity index (χ0v) is 8.12. The van der Waals surface area contributed by atoms with Crippen LogP contribution in [0.2, 0.25) is 0 Å². The van der Waals surface area contributed by atoms with Gasteiger partial charge in [0.15, 0.2) is 5.69 Å². The number of rotatable bonds is 3. The number of nitrogen functional groups attached to an aromatic ring is 1. The molecule has 0 aromatic carbocycles. The van der Waals surface area contributed by atoms with Crippen molar-refractivity contribution in [3.8, 4) is 0 Å². The van der Waals surface area contributed by atoms with Gasteiger partial charge in [0.05, 0.1) is 12.2 Å². The minimum absolute atomic E-state index is 0.0192. The smallest absolute Gasteiger partial charge is 0.271 e. The summed E-state index contributed by atoms with van der Waals surface area (Å²) in [6.07, 6.45) is 1.39. The number of halogens is 1. The monoisotopic (exact) mass is 200 g/mol. The van der Waals surface area contributed by atoms with Crippen LogP contribution < -0.4 is 11.5 Å². The molecule has 6 heteroatoms. The Labute approximate surface area is 80.9 Å². The zero-order chi connectivity index (χ0) is 10.9. The van der Waals surface area contributed by atoms with Crippen molar-refractivity contribution in [3.05, 3.63) is 11.9 Å². The summed E-state index contributed by atoms with van der Waals surface area (Å²) < 4.78 is 14.5. The molecule has 0 radical (unpaired) electrons. The number of alkyl halides is 1. The van der Waals surface area contributed by atoms with Crippen LogP contribution in [-0.2, 0) is 6.54 Å². The number of amides is 1. The molecule has 0 aliphatic carbocycles. The standard InChI is InChI=1S/C8H13FN4O/c1-8(2,9)4-13-3-5(10)6(12-13)7(11)14/h3H,4,10H2,1-2H3,(H2,11,14). The number of hydrogen-bond acceptors (Lipinski definition) is 3. The second-order valence-corrected chi connectivity index (χ2v) is 3.71. The molecular weight excluding hydrogens is 187 g/mol. The molecule has 0 saturated heterocycles. The number of aromatic nitrogens is 2. The third kappa shape index (κ3) is 2.45. The van der Waals surface area contributed by atoms with Crippen LogP contribution in [0.5, 0.6) is 0 Å². The third-order valence-electron chi connectivity index (χ3n) is 1.56. The van der Waals surface area contributed by atoms with E-state index in [4.69, 9.17) is 11.5 Å². The summed E-state index contributed by atoms with van der Waals surface area (Å²) in [6.45, 7) is 2.86. The maximum atomic E-state index is 13.2. The van der Waals surface area contributed by atoms with Gasteiger partial charge in [0, 0.05) is 6.20 Å². The summed E-state index contributed by atoms with van der Waals surface area (Å²) in [5.41, 5.74) is 9.20. The largest absolute Gasteiger partial charge is 0.396 e. The highest BCUT2D eigenvalue weighted by molar-refractivity contribution is 5.95. The van der Waals surface area contributed by atoms with Gasteiger partial charge in [-0.3, -0.25) is 9.48 Å². The Hall–Kier alpha value is -1.59. The van der Waals surface area contributed by atoms with Crippen LogP contribution in [0.4, 0.5) is 10.1 Å². The molecule has 1 heterocycles. The average molecular weight is 200 g/mol. The fourth-order valence-corrected chi connectivity index (χ4v) is 1.09. The SMILES string of the molecule is CC(C)(F)Cn1cc(N)c(C(N)=O)n1. The Morgan fingerprint density at radius 3 is 2.64 bits per heavy atom. The van der Waals surface area contributed by atoms with Crippen molar-refractivity contribution in [3.63, 3.8) is 0 Å². The van der Waals surface area contributed by atoms with Gasteiger partial charge in [-0.05, 0) is 13.8 Å². The Morgan fingerprint density at radius 2 is 2.29 bits per heavy atom. The molecule has 1 aromatic heterocycles. The van der Waals surface area contributed by atoms with Crippen molar-refractivity contribution in [2.24, 2.45) is 5.73 Å². The first kappa shape index (κ1) is 10.5. The van der Waals surface area contributed by atoms with Gasteiger partial charge in [-0.25, -0.2) is 4.39 Å². The number of anilines is 1. The van der Waals surface area contributed by atoms with Crippen molar-refractivity contribution in [2.45, 2.75) is 26.1 Å². The van der Waals surface area contributed by atoms with Gasteiger partial charge in [0.25, 0.3) is 5.91 Å². The number of nitrogens with zero attached hydrogens (tertiary/aromatic N) is 2. The fourth-order valence-electron chi connectivity index (χ4n) is 1.09. The first-order chi connectivity index (χ1) is 6.29. The highest BCUT2D eigenvalue weighted by atomic mass is 19.1. The predicted octanol–water partition coefficient (Wildman–Crippen LogP) is 0.312. The Bertz CT molecular complexity index is 353. The van der Waals surface area contributed by atoms with E-state index in [9.17, 15) is 9.18 Å². The van der Waals surface area contributed by atoms with Crippen molar-refractivity contribution in [1.29, 1.82) is 0 Å². The van der Waals surface area contributed by atoms with Gasteiger partial charge in [-0.15, -0.1) is 0 Å². The van der Waals surface area contributed by atoms with Crippen molar-refractivity contribution in [1.82, 2.24) is 9.78 Å². The van der Waals surface area contributed by atoms with Crippen LogP contribution in [0.1, 0.15) is 24.3 Å². The van der Waals surface area contributed by atoms with Gasteiger partial charge >= 0.3 is 0 Å². The first-order valence-corrected chi connectivity index (χ1v) is 4.11. The molecule has 5 nitrogen and oxygen atoms in total. The zero-order valence-electron chi connectivity index (χ0n) is 8.12. The minimum Gasteiger partial charge on any atom is -0.396 e. The summed E-state index contributed by atoms with van der Waals surface area (Å²) in [4.78, 5) is 10.8. The summed E-state index contributed by atoms with van der Waals surface area (Å²) in [5, 5.41) is 3.77. The molecule has 0 fully saturated rings. The number of carbonyl (C=O) groups is 1. The topological polar surface area (TPSA) is 86.9 Å². The van der Waals surface area contributed by atoms with Crippen LogP contribution in [0.15, 0.2) is 6.20 Å². The van der Waals surface area contributed by atoms with Crippen molar-refractivity contribution < 1.29 is 9.18 Å². The van der Waals surface area contributed by atoms with Crippen LogP contribution in [0.25, 0.3) is 0 Å². The van der Waals surface area contributed by atoms with Crippen molar-refractivity contribution in [2.75, 3.05) is 5.73 Å². The van der Waals surface area contributed by atoms with Crippen molar-refractivity contribution >= 4 is 11.6 Å². The molecule has 14 heavy (non-hydrogen) atoms. The fraction of sp³-hybridized carbons (Fsp3) is 0.500. The molecule has 1 aromatic rings. The second-order valence-electron chi connectivity index (χ2n) is 3.71. The van der Waals surface area contributed by atoms with Crippen LogP contribution >= 0.6 is 0 Å². The van der Waals surface area contributed by atoms with Gasteiger partial charge < -0.3 is 11.5 Å². The van der Waals surface area contributed by atoms with E-state index in [0.717, 1.165) is 0 Å². The molecule has 1 amide bonds. The molecule has 4 N–H and O–H groups in total. The molecule has 0 aliphatic rings. The highest BCUT2D eigenvalue weighted by Crippen LogP contribution is 2.14. The van der Waals surface area contributed by atoms with E-state index in [1.807, 2.05) is 0 Å². The van der Waals surface area contributed by atoms with E-state index < -0.39 is 11.6 Å². The van der Waals surface area contributed by atoms with E-state index >= 15 is 0 Å². The number of carbonyl (C=O) groups excluding carboxylic acids is 1. The number of hydrogen-bond donors (Lipinski definition) is 2. The molecule has 0 aliphatic heterocycles. The van der Waals surface area contributed by atoms with E-state index in [1.165, 1.54) is 24.7 Å². The van der Waals surface area contributed by atoms with Gasteiger partial charge in [-0.2, -0.15) is 5.10 Å². The van der Waals surface area contributed by atoms with Gasteiger partial charge in [0.1, 0.15) is 5.67 Å². The molecule has 78 valence electrons. The Balaban J connectivity index is 2.92. The Kier molecular flexibility index (Phi) is 2.46. The van der Waals surface area contributed by atoms with E-state index in [1.54, 1.807) is 0 Å². The predicted molar refractivity (Wildman–Crippen MR) is 50.3 cm³/mol. The maximum absolute atomic E-state index is 13.2. The van der Waals surface area contributed by atoms with Crippen LogP contribution in [-0.4, -0.2) is 21.4 Å².